The number of nitro groups is 1. The number of hydrogen-bond donors (Lipinski definition) is 9. The van der Waals surface area contributed by atoms with E-state index in [9.17, 15) is 49.9 Å². The molecule has 25 heteroatoms. The zero-order valence-corrected chi connectivity index (χ0v) is 32.0. The van der Waals surface area contributed by atoms with Gasteiger partial charge in [-0.25, -0.2) is 0 Å². The van der Waals surface area contributed by atoms with Gasteiger partial charge in [0.25, 0.3) is 30.7 Å². The van der Waals surface area contributed by atoms with Crippen molar-refractivity contribution in [3.63, 3.8) is 0 Å². The molecule has 0 saturated heterocycles. The number of rotatable bonds is 11. The number of nitro benzene ring substituents is 1. The van der Waals surface area contributed by atoms with Gasteiger partial charge in [0.15, 0.2) is 11.4 Å². The van der Waals surface area contributed by atoms with Gasteiger partial charge in [-0.05, 0) is 94.6 Å². The second-order valence-electron chi connectivity index (χ2n) is 12.1. The summed E-state index contributed by atoms with van der Waals surface area (Å²) in [5, 5.41) is 45.2. The third-order valence-corrected chi connectivity index (χ3v) is 11.2. The standard InChI is InChI=1S/C34H27N11O11S3/c35-19-1-14-27(26(36)17-19)41-38-20-2-4-23(5-3-20)44-57(49,50)25-12-8-22(9-13-25)40-43-33-29(59(54,55)56)16-18-15-28(58(51,52)53)32(31(37)30(18)34(33)46)42-39-21-6-10-24(11-7-21)45(47)48/h1-17H,(H10-,35,36,37,38,39,40,41,42,43,44,46,51,52,53,54,55,56)/p+1. The van der Waals surface area contributed by atoms with Crippen LogP contribution >= 0.6 is 0 Å². The van der Waals surface area contributed by atoms with Gasteiger partial charge in [-0.3, -0.25) is 25.5 Å². The molecule has 0 aromatic heterocycles. The van der Waals surface area contributed by atoms with Crippen molar-refractivity contribution in [3.8, 4) is 5.75 Å². The summed E-state index contributed by atoms with van der Waals surface area (Å²) in [6, 6.07) is 11.0. The highest BCUT2D eigenvalue weighted by Gasteiger charge is 2.35. The summed E-state index contributed by atoms with van der Waals surface area (Å²) in [5.74, 6) is -0.966. The number of azo groups is 1. The van der Waals surface area contributed by atoms with Crippen LogP contribution in [0.1, 0.15) is 0 Å². The van der Waals surface area contributed by atoms with Crippen LogP contribution < -0.4 is 22.3 Å². The lowest BCUT2D eigenvalue weighted by Crippen LogP contribution is -2.15. The highest BCUT2D eigenvalue weighted by Crippen LogP contribution is 2.48. The fraction of sp³-hybridized carbons (Fsp3) is 0. The number of anilines is 3. The summed E-state index contributed by atoms with van der Waals surface area (Å²) in [6.45, 7) is 0. The van der Waals surface area contributed by atoms with Crippen LogP contribution in [-0.2, 0) is 34.8 Å². The molecule has 2 aliphatic rings. The Balaban J connectivity index is 1.28. The number of hydrogen-bond acceptors (Lipinski definition) is 17. The topological polar surface area (TPSA) is 371 Å². The van der Waals surface area contributed by atoms with Crippen LogP contribution in [0.15, 0.2) is 148 Å². The quantitative estimate of drug-likeness (QED) is 0.0133. The van der Waals surface area contributed by atoms with Crippen molar-refractivity contribution in [2.45, 2.75) is 14.7 Å². The number of aromatic hydroxyl groups is 1. The molecule has 11 N–H and O–H groups in total. The number of nitrogens with one attached hydrogen (secondary N) is 3. The van der Waals surface area contributed by atoms with Crippen molar-refractivity contribution >= 4 is 98.4 Å². The fourth-order valence-electron chi connectivity index (χ4n) is 5.27. The zero-order valence-electron chi connectivity index (χ0n) is 29.5. The van der Waals surface area contributed by atoms with Gasteiger partial charge in [0.05, 0.1) is 55.1 Å². The van der Waals surface area contributed by atoms with Gasteiger partial charge in [-0.2, -0.15) is 40.6 Å². The van der Waals surface area contributed by atoms with E-state index < -0.39 is 68.2 Å². The van der Waals surface area contributed by atoms with Crippen molar-refractivity contribution in [1.29, 1.82) is 5.41 Å². The Labute approximate surface area is 334 Å². The first-order valence-electron chi connectivity index (χ1n) is 16.2. The smallest absolute Gasteiger partial charge is 0.388 e. The number of non-ortho nitro benzene ring substituents is 1. The number of benzene rings is 4. The molecule has 4 aromatic carbocycles. The number of phenolic OH excluding ortho intramolecular Hbond substituents is 1. The number of nitrogen functional groups attached to an aromatic ring is 1. The Bertz CT molecular complexity index is 2970. The number of nitrogens with zero attached hydrogens (tertiary/aromatic N) is 6. The van der Waals surface area contributed by atoms with E-state index in [-0.39, 0.29) is 49.9 Å². The van der Waals surface area contributed by atoms with E-state index in [0.717, 1.165) is 36.4 Å². The maximum atomic E-state index is 13.1. The molecule has 302 valence electrons. The minimum Gasteiger partial charge on any atom is -0.505 e. The molecule has 0 unspecified atom stereocenters. The van der Waals surface area contributed by atoms with Crippen LogP contribution in [0.4, 0.5) is 34.1 Å². The third kappa shape index (κ3) is 9.31. The summed E-state index contributed by atoms with van der Waals surface area (Å²) >= 11 is 0. The van der Waals surface area contributed by atoms with Crippen molar-refractivity contribution in [2.75, 3.05) is 16.6 Å². The van der Waals surface area contributed by atoms with Gasteiger partial charge in [0.2, 0.25) is 0 Å². The van der Waals surface area contributed by atoms with Gasteiger partial charge in [-0.15, -0.1) is 10.2 Å². The number of sulfonamides is 1. The average Bonchev–Trinajstić information content (AvgIpc) is 3.16. The molecular formula is C34H28N11O11S3+. The lowest BCUT2D eigenvalue weighted by atomic mass is 10.0. The molecule has 0 atom stereocenters. The maximum absolute atomic E-state index is 13.1. The number of nitrogens with two attached hydrogens (primary N) is 2. The summed E-state index contributed by atoms with van der Waals surface area (Å²) in [4.78, 5) is 8.27. The summed E-state index contributed by atoms with van der Waals surface area (Å²) in [6.07, 6.45) is 10.2. The molecule has 0 amide bonds. The van der Waals surface area contributed by atoms with E-state index in [2.05, 4.69) is 35.7 Å². The van der Waals surface area contributed by atoms with Crippen LogP contribution in [-0.4, -0.2) is 63.4 Å². The van der Waals surface area contributed by atoms with E-state index in [1.807, 2.05) is 0 Å². The van der Waals surface area contributed by atoms with E-state index in [0.29, 0.717) is 11.4 Å². The lowest BCUT2D eigenvalue weighted by molar-refractivity contribution is -0.384. The number of phenols is 1. The van der Waals surface area contributed by atoms with Gasteiger partial charge in [-0.1, -0.05) is 0 Å². The van der Waals surface area contributed by atoms with Crippen molar-refractivity contribution in [2.24, 2.45) is 30.6 Å². The van der Waals surface area contributed by atoms with Gasteiger partial charge < -0.3 is 22.0 Å². The van der Waals surface area contributed by atoms with Crippen LogP contribution in [0.25, 0.3) is 10.8 Å². The SMILES string of the molecule is N=C1C=C(N)C=CC1=NN=C1C=CC(=NS(=O)(=O)c2ccc(N=Nc3c([S+](=O)(O)O)cc4cc(S(=O)(=O)O)c(NNc5ccc([N+](=O)[O-])cc5)c(N)c4c3O)cc2)C=C1. The summed E-state index contributed by atoms with van der Waals surface area (Å²) in [7, 11) is -14.3. The Morgan fingerprint density at radius 2 is 1.47 bits per heavy atom. The summed E-state index contributed by atoms with van der Waals surface area (Å²) < 4.78 is 97.5. The largest absolute Gasteiger partial charge is 0.505 e. The Kier molecular flexibility index (Phi) is 11.2. The molecule has 22 nitrogen and oxygen atoms in total. The molecule has 2 aliphatic carbocycles. The molecule has 59 heavy (non-hydrogen) atoms. The van der Waals surface area contributed by atoms with Crippen LogP contribution in [0.3, 0.4) is 0 Å². The lowest BCUT2D eigenvalue weighted by Gasteiger charge is -2.18. The van der Waals surface area contributed by atoms with Gasteiger partial charge in [0.1, 0.15) is 10.6 Å². The van der Waals surface area contributed by atoms with Gasteiger partial charge >= 0.3 is 10.5 Å². The molecule has 4 aromatic rings. The van der Waals surface area contributed by atoms with Crippen molar-refractivity contribution < 1.29 is 44.7 Å². The van der Waals surface area contributed by atoms with Crippen LogP contribution in [0.2, 0.25) is 0 Å². The third-order valence-electron chi connectivity index (χ3n) is 8.08. The van der Waals surface area contributed by atoms with Crippen LogP contribution in [0.5, 0.6) is 5.75 Å². The number of hydrazine groups is 1. The molecule has 0 saturated carbocycles. The van der Waals surface area contributed by atoms with E-state index >= 15 is 0 Å². The molecule has 0 aliphatic heterocycles. The Hall–Kier alpha value is -7.29. The molecule has 6 rings (SSSR count). The first-order valence-corrected chi connectivity index (χ1v) is 20.5. The van der Waals surface area contributed by atoms with Crippen molar-refractivity contribution in [1.82, 2.24) is 0 Å². The first kappa shape index (κ1) is 41.3. The van der Waals surface area contributed by atoms with Crippen molar-refractivity contribution in [3.05, 3.63) is 119 Å². The highest BCUT2D eigenvalue weighted by atomic mass is 32.3. The number of allylic oxidation sites excluding steroid dienone is 7. The molecule has 0 bridgehead atoms. The fourth-order valence-corrected chi connectivity index (χ4v) is 7.62. The predicted molar refractivity (Wildman–Crippen MR) is 219 cm³/mol. The Morgan fingerprint density at radius 1 is 0.831 bits per heavy atom. The minimum atomic E-state index is -5.09. The highest BCUT2D eigenvalue weighted by molar-refractivity contribution is 7.92. The van der Waals surface area contributed by atoms with E-state index in [4.69, 9.17) is 16.9 Å². The van der Waals surface area contributed by atoms with Gasteiger partial charge in [0, 0.05) is 23.9 Å². The van der Waals surface area contributed by atoms with E-state index in [1.54, 1.807) is 6.08 Å². The Morgan fingerprint density at radius 3 is 2.07 bits per heavy atom. The molecule has 0 heterocycles. The molecule has 0 radical (unpaired) electrons. The van der Waals surface area contributed by atoms with Crippen LogP contribution in [0, 0.1) is 15.5 Å². The zero-order chi connectivity index (χ0) is 42.9. The first-order chi connectivity index (χ1) is 27.7. The average molecular weight is 863 g/mol. The molecular weight excluding hydrogens is 835 g/mol. The molecule has 0 spiro atoms. The predicted octanol–water partition coefficient (Wildman–Crippen LogP) is 5.43. The minimum absolute atomic E-state index is 0.0484. The van der Waals surface area contributed by atoms with E-state index in [1.165, 1.54) is 60.7 Å². The maximum Gasteiger partial charge on any atom is 0.388 e. The number of fused-ring (bicyclic) bond motifs is 1. The monoisotopic (exact) mass is 862 g/mol. The normalized spacial score (nSPS) is 15.2. The summed E-state index contributed by atoms with van der Waals surface area (Å²) in [5.41, 5.74) is 16.1. The second-order valence-corrected chi connectivity index (χ2v) is 16.5. The molecule has 0 fully saturated rings. The second kappa shape index (κ2) is 15.9.